The predicted octanol–water partition coefficient (Wildman–Crippen LogP) is 1.83. The van der Waals surface area contributed by atoms with Crippen LogP contribution in [-0.2, 0) is 17.8 Å². The van der Waals surface area contributed by atoms with Gasteiger partial charge in [0.05, 0.1) is 6.04 Å². The zero-order valence-electron chi connectivity index (χ0n) is 8.34. The number of carbonyl (C=O) groups excluding carboxylic acids is 1. The van der Waals surface area contributed by atoms with Crippen molar-refractivity contribution in [1.29, 1.82) is 0 Å². The van der Waals surface area contributed by atoms with Crippen LogP contribution in [0.3, 0.4) is 0 Å². The summed E-state index contributed by atoms with van der Waals surface area (Å²) in [5.74, 6) is -1.69. The van der Waals surface area contributed by atoms with Crippen LogP contribution < -0.4 is 5.32 Å². The van der Waals surface area contributed by atoms with Crippen molar-refractivity contribution in [3.05, 3.63) is 35.4 Å². The Balaban J connectivity index is 2.17. The lowest BCUT2D eigenvalue weighted by molar-refractivity contribution is -0.173. The summed E-state index contributed by atoms with van der Waals surface area (Å²) in [5, 5.41) is 2.61. The molecule has 1 N–H and O–H groups in total. The molecule has 1 heterocycles. The molecule has 0 saturated carbocycles. The van der Waals surface area contributed by atoms with Gasteiger partial charge in [0, 0.05) is 6.54 Å². The lowest BCUT2D eigenvalue weighted by Gasteiger charge is -2.25. The minimum atomic E-state index is -4.76. The maximum Gasteiger partial charge on any atom is 0.451 e. The summed E-state index contributed by atoms with van der Waals surface area (Å²) >= 11 is 0. The molecule has 0 aromatic heterocycles. The molecule has 0 saturated heterocycles. The highest BCUT2D eigenvalue weighted by molar-refractivity contribution is 5.89. The predicted molar refractivity (Wildman–Crippen MR) is 51.8 cm³/mol. The Kier molecular flexibility index (Phi) is 2.71. The highest BCUT2D eigenvalue weighted by Gasteiger charge is 2.43. The van der Waals surface area contributed by atoms with E-state index in [9.17, 15) is 18.0 Å². The van der Waals surface area contributed by atoms with Gasteiger partial charge in [-0.3, -0.25) is 4.79 Å². The van der Waals surface area contributed by atoms with Crippen LogP contribution in [-0.4, -0.2) is 18.0 Å². The fourth-order valence-electron chi connectivity index (χ4n) is 1.84. The fraction of sp³-hybridized carbons (Fsp3) is 0.364. The van der Waals surface area contributed by atoms with Gasteiger partial charge in [0.2, 0.25) is 0 Å². The van der Waals surface area contributed by atoms with E-state index in [1.165, 1.54) is 0 Å². The Morgan fingerprint density at radius 2 is 1.88 bits per heavy atom. The molecule has 0 aliphatic carbocycles. The molecule has 2 nitrogen and oxygen atoms in total. The Morgan fingerprint density at radius 3 is 2.50 bits per heavy atom. The number of benzene rings is 1. The van der Waals surface area contributed by atoms with E-state index in [2.05, 4.69) is 5.32 Å². The number of carbonyl (C=O) groups is 1. The topological polar surface area (TPSA) is 29.1 Å². The maximum atomic E-state index is 12.2. The van der Waals surface area contributed by atoms with E-state index >= 15 is 0 Å². The maximum absolute atomic E-state index is 12.2. The normalized spacial score (nSPS) is 20.3. The number of rotatable bonds is 1. The third-order valence-electron chi connectivity index (χ3n) is 2.68. The molecule has 0 radical (unpaired) electrons. The number of hydrogen-bond acceptors (Lipinski definition) is 2. The number of fused-ring (bicyclic) bond motifs is 1. The van der Waals surface area contributed by atoms with Crippen LogP contribution in [0.1, 0.15) is 11.1 Å². The van der Waals surface area contributed by atoms with Crippen LogP contribution >= 0.6 is 0 Å². The fourth-order valence-corrected chi connectivity index (χ4v) is 1.84. The van der Waals surface area contributed by atoms with Gasteiger partial charge in [0.1, 0.15) is 0 Å². The second-order valence-electron chi connectivity index (χ2n) is 3.77. The second kappa shape index (κ2) is 3.90. The number of ketones is 1. The Bertz CT molecular complexity index is 414. The zero-order chi connectivity index (χ0) is 11.8. The average Bonchev–Trinajstić information content (AvgIpc) is 2.26. The third kappa shape index (κ3) is 2.09. The standard InChI is InChI=1S/C11H10F3NO/c12-11(13,14)10(16)9-5-7-3-1-2-4-8(7)6-15-9/h1-4,9,15H,5-6H2. The minimum absolute atomic E-state index is 0.106. The molecule has 1 atom stereocenters. The largest absolute Gasteiger partial charge is 0.451 e. The van der Waals surface area contributed by atoms with Crippen molar-refractivity contribution < 1.29 is 18.0 Å². The molecule has 1 aromatic rings. The number of hydrogen-bond donors (Lipinski definition) is 1. The summed E-state index contributed by atoms with van der Waals surface area (Å²) in [6.45, 7) is 0.308. The van der Waals surface area contributed by atoms with Crippen molar-refractivity contribution >= 4 is 5.78 Å². The van der Waals surface area contributed by atoms with E-state index in [1.54, 1.807) is 12.1 Å². The van der Waals surface area contributed by atoms with Crippen LogP contribution in [0.5, 0.6) is 0 Å². The van der Waals surface area contributed by atoms with Crippen LogP contribution in [0.25, 0.3) is 0 Å². The van der Waals surface area contributed by atoms with Crippen LogP contribution in [0.15, 0.2) is 24.3 Å². The monoisotopic (exact) mass is 229 g/mol. The molecule has 16 heavy (non-hydrogen) atoms. The molecule has 1 aliphatic heterocycles. The summed E-state index contributed by atoms with van der Waals surface area (Å²) < 4.78 is 36.7. The molecule has 0 amide bonds. The quantitative estimate of drug-likeness (QED) is 0.796. The highest BCUT2D eigenvalue weighted by atomic mass is 19.4. The molecule has 5 heteroatoms. The first-order valence-corrected chi connectivity index (χ1v) is 4.89. The Labute approximate surface area is 90.5 Å². The molecule has 1 aromatic carbocycles. The molecule has 2 rings (SSSR count). The summed E-state index contributed by atoms with van der Waals surface area (Å²) in [6, 6.07) is 6.05. The molecule has 0 spiro atoms. The molecule has 0 bridgehead atoms. The van der Waals surface area contributed by atoms with E-state index in [0.717, 1.165) is 11.1 Å². The van der Waals surface area contributed by atoms with Crippen molar-refractivity contribution in [2.75, 3.05) is 0 Å². The van der Waals surface area contributed by atoms with Crippen molar-refractivity contribution in [2.24, 2.45) is 0 Å². The molecule has 86 valence electrons. The van der Waals surface area contributed by atoms with Crippen molar-refractivity contribution in [2.45, 2.75) is 25.2 Å². The Hall–Kier alpha value is -1.36. The summed E-state index contributed by atoms with van der Waals surface area (Å²) in [5.41, 5.74) is 1.76. The van der Waals surface area contributed by atoms with Crippen molar-refractivity contribution in [1.82, 2.24) is 5.32 Å². The number of nitrogens with one attached hydrogen (secondary N) is 1. The van der Waals surface area contributed by atoms with Gasteiger partial charge in [-0.25, -0.2) is 0 Å². The van der Waals surface area contributed by atoms with Gasteiger partial charge in [-0.15, -0.1) is 0 Å². The van der Waals surface area contributed by atoms with E-state index in [-0.39, 0.29) is 6.42 Å². The van der Waals surface area contributed by atoms with Crippen molar-refractivity contribution in [3.8, 4) is 0 Å². The molecule has 0 fully saturated rings. The number of Topliss-reactive ketones (excluding diaryl/α,β-unsaturated/α-hetero) is 1. The smallest absolute Gasteiger partial charge is 0.303 e. The summed E-state index contributed by atoms with van der Waals surface area (Å²) in [7, 11) is 0. The van der Waals surface area contributed by atoms with Gasteiger partial charge in [-0.05, 0) is 17.5 Å². The van der Waals surface area contributed by atoms with Gasteiger partial charge in [-0.1, -0.05) is 24.3 Å². The first-order chi connectivity index (χ1) is 7.48. The van der Waals surface area contributed by atoms with E-state index in [0.29, 0.717) is 6.54 Å². The lowest BCUT2D eigenvalue weighted by atomic mass is 9.93. The van der Waals surface area contributed by atoms with Gasteiger partial charge in [0.15, 0.2) is 0 Å². The Morgan fingerprint density at radius 1 is 1.25 bits per heavy atom. The van der Waals surface area contributed by atoms with Gasteiger partial charge < -0.3 is 5.32 Å². The van der Waals surface area contributed by atoms with E-state index in [4.69, 9.17) is 0 Å². The molecular formula is C11H10F3NO. The van der Waals surface area contributed by atoms with E-state index in [1.807, 2.05) is 12.1 Å². The van der Waals surface area contributed by atoms with E-state index < -0.39 is 18.0 Å². The number of alkyl halides is 3. The van der Waals surface area contributed by atoms with Gasteiger partial charge in [-0.2, -0.15) is 13.2 Å². The van der Waals surface area contributed by atoms with Crippen LogP contribution in [0.2, 0.25) is 0 Å². The first-order valence-electron chi connectivity index (χ1n) is 4.89. The number of halogens is 3. The molecular weight excluding hydrogens is 219 g/mol. The SMILES string of the molecule is O=C(C1Cc2ccccc2CN1)C(F)(F)F. The van der Waals surface area contributed by atoms with Crippen LogP contribution in [0, 0.1) is 0 Å². The van der Waals surface area contributed by atoms with Crippen LogP contribution in [0.4, 0.5) is 13.2 Å². The highest BCUT2D eigenvalue weighted by Crippen LogP contribution is 2.23. The summed E-state index contributed by atoms with van der Waals surface area (Å²) in [4.78, 5) is 11.0. The van der Waals surface area contributed by atoms with Crippen molar-refractivity contribution in [3.63, 3.8) is 0 Å². The minimum Gasteiger partial charge on any atom is -0.303 e. The zero-order valence-corrected chi connectivity index (χ0v) is 8.34. The molecule has 1 aliphatic rings. The summed E-state index contributed by atoms with van der Waals surface area (Å²) in [6.07, 6.45) is -4.65. The lowest BCUT2D eigenvalue weighted by Crippen LogP contribution is -2.47. The molecule has 1 unspecified atom stereocenters. The van der Waals surface area contributed by atoms with Gasteiger partial charge in [0.25, 0.3) is 5.78 Å². The second-order valence-corrected chi connectivity index (χ2v) is 3.77. The van der Waals surface area contributed by atoms with Gasteiger partial charge >= 0.3 is 6.18 Å². The first kappa shape index (κ1) is 11.1. The third-order valence-corrected chi connectivity index (χ3v) is 2.68. The average molecular weight is 229 g/mol.